The smallest absolute Gasteiger partial charge is 0.299 e. The Morgan fingerprint density at radius 1 is 0.615 bits per heavy atom. The summed E-state index contributed by atoms with van der Waals surface area (Å²) in [6, 6.07) is 0. The van der Waals surface area contributed by atoms with Crippen LogP contribution in [-0.2, 0) is 39.5 Å². The normalized spacial score (nSPS) is 5.38. The van der Waals surface area contributed by atoms with Gasteiger partial charge in [0.15, 0.2) is 0 Å². The molecule has 0 fully saturated rings. The zero-order valence-corrected chi connectivity index (χ0v) is 8.74. The van der Waals surface area contributed by atoms with Gasteiger partial charge in [0.25, 0.3) is 22.7 Å². The largest absolute Gasteiger partial charge is 0.693 e. The van der Waals surface area contributed by atoms with Crippen LogP contribution in [0.3, 0.4) is 0 Å². The van der Waals surface area contributed by atoms with E-state index in [4.69, 9.17) is 26.6 Å². The fourth-order valence-electron chi connectivity index (χ4n) is 0. The predicted molar refractivity (Wildman–Crippen MR) is 47.9 cm³/mol. The molecular weight excluding hydrogens is 275 g/mol. The van der Waals surface area contributed by atoms with Crippen LogP contribution in [0.1, 0.15) is 0 Å². The zero-order valence-electron chi connectivity index (χ0n) is 6.06. The molecule has 12 N–H and O–H groups in total. The van der Waals surface area contributed by atoms with Gasteiger partial charge in [0.2, 0.25) is 0 Å². The van der Waals surface area contributed by atoms with Crippen LogP contribution < -0.4 is 0 Å². The van der Waals surface area contributed by atoms with E-state index in [0.29, 0.717) is 0 Å². The van der Waals surface area contributed by atoms with Crippen molar-refractivity contribution in [3.05, 3.63) is 24.6 Å². The number of hydrogen-bond donors (Lipinski definition) is 4. The molecule has 0 aliphatic rings. The first kappa shape index (κ1) is 50.0. The van der Waals surface area contributed by atoms with E-state index in [1.165, 1.54) is 0 Å². The average molecular weight is 287 g/mol. The first-order valence-corrected chi connectivity index (χ1v) is 3.19. The van der Waals surface area contributed by atoms with Gasteiger partial charge in [0.1, 0.15) is 0 Å². The summed E-state index contributed by atoms with van der Waals surface area (Å²) in [6.07, 6.45) is 0. The monoisotopic (exact) mass is 287 g/mol. The topological polar surface area (TPSA) is 249 Å². The van der Waals surface area contributed by atoms with E-state index in [2.05, 4.69) is 0 Å². The molecule has 13 heavy (non-hydrogen) atoms. The van der Waals surface area contributed by atoms with Crippen LogP contribution >= 0.6 is 0 Å². The molecule has 0 aromatic carbocycles. The maximum absolute atomic E-state index is 8.67. The minimum absolute atomic E-state index is 0. The van der Waals surface area contributed by atoms with Crippen molar-refractivity contribution in [1.82, 2.24) is 0 Å². The number of hydrogen-bond acceptors (Lipinski definition) is 2. The quantitative estimate of drug-likeness (QED) is 0.485. The van der Waals surface area contributed by atoms with E-state index < -0.39 is 22.7 Å². The molecule has 0 atom stereocenters. The molecule has 0 aromatic rings. The van der Waals surface area contributed by atoms with Gasteiger partial charge in [-0.3, -0.25) is 18.2 Å². The number of nitrogens with two attached hydrogens (primary N) is 4. The Morgan fingerprint density at radius 3 is 0.615 bits per heavy atom. The van der Waals surface area contributed by atoms with Gasteiger partial charge in [-0.2, -0.15) is 8.42 Å². The van der Waals surface area contributed by atoms with Crippen LogP contribution in [0, 0.1) is 0 Å². The van der Waals surface area contributed by atoms with Crippen molar-refractivity contribution >= 4 is 22.7 Å². The van der Waals surface area contributed by atoms with Crippen molar-refractivity contribution in [2.24, 2.45) is 0 Å². The van der Waals surface area contributed by atoms with Crippen molar-refractivity contribution in [3.8, 4) is 0 Å². The van der Waals surface area contributed by atoms with Gasteiger partial charge >= 0.3 is 0 Å². The van der Waals surface area contributed by atoms with Crippen LogP contribution in [-0.4, -0.2) is 26.6 Å². The standard InChI is InChI=1S/Co.4H2N.2H2O3S/c;;;;;2*1-4(2)3/h;4*1H2;2*(H2,1,2,3)/q;4*-1;;. The van der Waals surface area contributed by atoms with E-state index in [9.17, 15) is 0 Å². The van der Waals surface area contributed by atoms with Gasteiger partial charge in [-0.25, -0.2) is 0 Å². The van der Waals surface area contributed by atoms with Crippen molar-refractivity contribution in [2.75, 3.05) is 0 Å². The van der Waals surface area contributed by atoms with Crippen molar-refractivity contribution in [1.29, 1.82) is 0 Å². The molecule has 0 aromatic heterocycles. The molecule has 0 heterocycles. The fourth-order valence-corrected chi connectivity index (χ4v) is 0. The summed E-state index contributed by atoms with van der Waals surface area (Å²) in [6.45, 7) is 0. The second-order valence-electron chi connectivity index (χ2n) is 0.461. The third-order valence-corrected chi connectivity index (χ3v) is 0. The Kier molecular flexibility index (Phi) is 151. The van der Waals surface area contributed by atoms with Crippen molar-refractivity contribution < 1.29 is 43.4 Å². The second-order valence-corrected chi connectivity index (χ2v) is 1.38. The zero-order chi connectivity index (χ0) is 7.15. The molecule has 0 spiro atoms. The molecule has 0 rings (SSSR count). The van der Waals surface area contributed by atoms with E-state index in [0.717, 1.165) is 0 Å². The van der Waals surface area contributed by atoms with Gasteiger partial charge in [-0.05, 0) is 0 Å². The summed E-state index contributed by atoms with van der Waals surface area (Å²) in [5, 5.41) is 0. The first-order chi connectivity index (χ1) is 3.46. The SMILES string of the molecule is O=S(O)O.O=S(O)O.[Co].[NH2-].[NH2-].[NH2-].[NH2-]. The van der Waals surface area contributed by atoms with Crippen LogP contribution in [0.2, 0.25) is 0 Å². The van der Waals surface area contributed by atoms with Crippen LogP contribution in [0.15, 0.2) is 0 Å². The molecule has 0 bridgehead atoms. The van der Waals surface area contributed by atoms with Gasteiger partial charge in [-0.15, -0.1) is 0 Å². The maximum Gasteiger partial charge on any atom is 0.299 e. The van der Waals surface area contributed by atoms with E-state index in [1.54, 1.807) is 0 Å². The summed E-state index contributed by atoms with van der Waals surface area (Å²) in [5.74, 6) is 0. The van der Waals surface area contributed by atoms with Crippen LogP contribution in [0.5, 0.6) is 0 Å². The van der Waals surface area contributed by atoms with Crippen molar-refractivity contribution in [2.45, 2.75) is 0 Å². The molecule has 0 saturated carbocycles. The average Bonchev–Trinajstić information content (AvgIpc) is 1.25. The van der Waals surface area contributed by atoms with Crippen LogP contribution in [0.25, 0.3) is 24.6 Å². The number of rotatable bonds is 0. The van der Waals surface area contributed by atoms with E-state index in [1.807, 2.05) is 0 Å². The van der Waals surface area contributed by atoms with E-state index >= 15 is 0 Å². The van der Waals surface area contributed by atoms with Gasteiger partial charge < -0.3 is 24.6 Å². The summed E-state index contributed by atoms with van der Waals surface area (Å²) >= 11 is -5.22. The molecule has 10 nitrogen and oxygen atoms in total. The minimum Gasteiger partial charge on any atom is -0.693 e. The van der Waals surface area contributed by atoms with E-state index in [-0.39, 0.29) is 41.4 Å². The molecule has 0 aliphatic carbocycles. The molecule has 1 radical (unpaired) electrons. The molecule has 0 aliphatic heterocycles. The molecule has 0 saturated heterocycles. The minimum atomic E-state index is -2.61. The van der Waals surface area contributed by atoms with Gasteiger partial charge in [-0.1, -0.05) is 0 Å². The third kappa shape index (κ3) is 5800. The van der Waals surface area contributed by atoms with Gasteiger partial charge in [0, 0.05) is 16.8 Å². The van der Waals surface area contributed by atoms with Crippen molar-refractivity contribution in [3.63, 3.8) is 0 Å². The summed E-state index contributed by atoms with van der Waals surface area (Å²) < 4.78 is 45.7. The fraction of sp³-hybridized carbons (Fsp3) is 0. The Balaban J connectivity index is -0.00000000800. The Morgan fingerprint density at radius 2 is 0.615 bits per heavy atom. The molecular formula is H12CoN4O6S2-4. The Hall–Kier alpha value is 0.486. The first-order valence-electron chi connectivity index (χ1n) is 1.06. The Bertz CT molecular complexity index is 80.6. The molecule has 13 heteroatoms. The molecule has 93 valence electrons. The maximum atomic E-state index is 8.67. The Labute approximate surface area is 91.0 Å². The summed E-state index contributed by atoms with van der Waals surface area (Å²) in [4.78, 5) is 0. The molecule has 0 amide bonds. The van der Waals surface area contributed by atoms with Gasteiger partial charge in [0.05, 0.1) is 0 Å². The second kappa shape index (κ2) is 39.2. The molecule has 0 unspecified atom stereocenters. The third-order valence-electron chi connectivity index (χ3n) is 0. The summed E-state index contributed by atoms with van der Waals surface area (Å²) in [5.41, 5.74) is 0. The summed E-state index contributed by atoms with van der Waals surface area (Å²) in [7, 11) is 0. The van der Waals surface area contributed by atoms with Crippen LogP contribution in [0.4, 0.5) is 0 Å². The predicted octanol–water partition coefficient (Wildman–Crippen LogP) is 2.23.